The zero-order valence-corrected chi connectivity index (χ0v) is 9.75. The monoisotopic (exact) mass is 211 g/mol. The Bertz CT molecular complexity index is 283. The molecule has 1 rings (SSSR count). The van der Waals surface area contributed by atoms with E-state index < -0.39 is 0 Å². The van der Waals surface area contributed by atoms with Gasteiger partial charge in [0, 0.05) is 23.8 Å². The van der Waals surface area contributed by atoms with Gasteiger partial charge in [-0.2, -0.15) is 5.10 Å². The summed E-state index contributed by atoms with van der Waals surface area (Å²) >= 11 is 0. The topological polar surface area (TPSA) is 60.9 Å². The molecule has 3 N–H and O–H groups in total. The van der Waals surface area contributed by atoms with Gasteiger partial charge in [-0.1, -0.05) is 13.8 Å². The molecule has 4 nitrogen and oxygen atoms in total. The second-order valence-electron chi connectivity index (χ2n) is 4.41. The van der Waals surface area contributed by atoms with E-state index in [2.05, 4.69) is 29.4 Å². The molecule has 1 aromatic rings. The van der Waals surface area contributed by atoms with Crippen molar-refractivity contribution in [1.82, 2.24) is 15.5 Å². The molecule has 4 heteroatoms. The van der Waals surface area contributed by atoms with E-state index in [1.807, 2.05) is 13.1 Å². The minimum absolute atomic E-state index is 0.180. The molecular weight excluding hydrogens is 190 g/mol. The Kier molecular flexibility index (Phi) is 4.78. The molecule has 0 amide bonds. The summed E-state index contributed by atoms with van der Waals surface area (Å²) in [6.07, 6.45) is 2.82. The van der Waals surface area contributed by atoms with E-state index in [0.29, 0.717) is 5.92 Å². The van der Waals surface area contributed by atoms with Crippen LogP contribution in [0.25, 0.3) is 0 Å². The van der Waals surface area contributed by atoms with Crippen LogP contribution >= 0.6 is 0 Å². The molecule has 0 fully saturated rings. The second kappa shape index (κ2) is 5.88. The second-order valence-corrected chi connectivity index (χ2v) is 4.41. The van der Waals surface area contributed by atoms with E-state index in [4.69, 9.17) is 0 Å². The van der Waals surface area contributed by atoms with Gasteiger partial charge in [-0.15, -0.1) is 0 Å². The highest BCUT2D eigenvalue weighted by Gasteiger charge is 2.09. The predicted molar refractivity (Wildman–Crippen MR) is 60.5 cm³/mol. The third-order valence-electron chi connectivity index (χ3n) is 2.49. The van der Waals surface area contributed by atoms with E-state index >= 15 is 0 Å². The Hall–Kier alpha value is -0.870. The first-order chi connectivity index (χ1) is 7.13. The third kappa shape index (κ3) is 4.01. The van der Waals surface area contributed by atoms with E-state index in [1.165, 1.54) is 0 Å². The van der Waals surface area contributed by atoms with Gasteiger partial charge in [0.05, 0.1) is 12.8 Å². The molecule has 0 saturated carbocycles. The summed E-state index contributed by atoms with van der Waals surface area (Å²) in [6.45, 7) is 7.27. The maximum absolute atomic E-state index is 9.19. The fourth-order valence-corrected chi connectivity index (χ4v) is 1.60. The summed E-state index contributed by atoms with van der Waals surface area (Å²) in [7, 11) is 0. The predicted octanol–water partition coefficient (Wildman–Crippen LogP) is 1.21. The quantitative estimate of drug-likeness (QED) is 0.663. The fraction of sp³-hybridized carbons (Fsp3) is 0.727. The normalized spacial score (nSPS) is 13.4. The Balaban J connectivity index is 2.37. The van der Waals surface area contributed by atoms with Crippen LogP contribution in [-0.2, 0) is 6.54 Å². The summed E-state index contributed by atoms with van der Waals surface area (Å²) in [5.74, 6) is 0.597. The van der Waals surface area contributed by atoms with Gasteiger partial charge in [0.1, 0.15) is 0 Å². The van der Waals surface area contributed by atoms with Gasteiger partial charge in [0.25, 0.3) is 0 Å². The van der Waals surface area contributed by atoms with E-state index in [-0.39, 0.29) is 12.6 Å². The Morgan fingerprint density at radius 1 is 1.53 bits per heavy atom. The molecular formula is C11H21N3O. The summed E-state index contributed by atoms with van der Waals surface area (Å²) in [6, 6.07) is 0.180. The standard InChI is InChI=1S/C11H21N3O/c1-8(2)4-11(7-15)12-5-10-6-13-14-9(10)3/h6,8,11-12,15H,4-5,7H2,1-3H3,(H,13,14)/t11-/m0/s1. The molecule has 15 heavy (non-hydrogen) atoms. The number of nitrogens with zero attached hydrogens (tertiary/aromatic N) is 1. The van der Waals surface area contributed by atoms with Crippen molar-refractivity contribution in [2.75, 3.05) is 6.61 Å². The molecule has 0 spiro atoms. The molecule has 0 radical (unpaired) electrons. The lowest BCUT2D eigenvalue weighted by atomic mass is 10.0. The largest absolute Gasteiger partial charge is 0.395 e. The summed E-state index contributed by atoms with van der Waals surface area (Å²) in [5.41, 5.74) is 2.25. The van der Waals surface area contributed by atoms with Crippen LogP contribution in [0.4, 0.5) is 0 Å². The first kappa shape index (κ1) is 12.2. The van der Waals surface area contributed by atoms with Crippen LogP contribution in [0.1, 0.15) is 31.5 Å². The van der Waals surface area contributed by atoms with Crippen molar-refractivity contribution in [1.29, 1.82) is 0 Å². The number of nitrogens with one attached hydrogen (secondary N) is 2. The lowest BCUT2D eigenvalue weighted by Crippen LogP contribution is -2.33. The van der Waals surface area contributed by atoms with Gasteiger partial charge in [-0.05, 0) is 19.3 Å². The molecule has 0 aliphatic carbocycles. The number of hydrogen-bond acceptors (Lipinski definition) is 3. The summed E-state index contributed by atoms with van der Waals surface area (Å²) < 4.78 is 0. The van der Waals surface area contributed by atoms with Crippen molar-refractivity contribution in [3.63, 3.8) is 0 Å². The van der Waals surface area contributed by atoms with Crippen molar-refractivity contribution in [2.45, 2.75) is 39.8 Å². The van der Waals surface area contributed by atoms with Crippen LogP contribution in [0.15, 0.2) is 6.20 Å². The van der Waals surface area contributed by atoms with Crippen molar-refractivity contribution in [2.24, 2.45) is 5.92 Å². The zero-order chi connectivity index (χ0) is 11.3. The van der Waals surface area contributed by atoms with E-state index in [9.17, 15) is 5.11 Å². The van der Waals surface area contributed by atoms with E-state index in [0.717, 1.165) is 24.2 Å². The van der Waals surface area contributed by atoms with Crippen LogP contribution in [0.3, 0.4) is 0 Å². The minimum atomic E-state index is 0.180. The van der Waals surface area contributed by atoms with Gasteiger partial charge in [0.15, 0.2) is 0 Å². The maximum atomic E-state index is 9.19. The molecule has 0 aliphatic rings. The lowest BCUT2D eigenvalue weighted by molar-refractivity contribution is 0.223. The number of rotatable bonds is 6. The maximum Gasteiger partial charge on any atom is 0.0584 e. The number of H-pyrrole nitrogens is 1. The fourth-order valence-electron chi connectivity index (χ4n) is 1.60. The Morgan fingerprint density at radius 2 is 2.27 bits per heavy atom. The van der Waals surface area contributed by atoms with Crippen molar-refractivity contribution >= 4 is 0 Å². The lowest BCUT2D eigenvalue weighted by Gasteiger charge is -2.17. The number of aliphatic hydroxyl groups is 1. The first-order valence-electron chi connectivity index (χ1n) is 5.46. The highest BCUT2D eigenvalue weighted by molar-refractivity contribution is 5.13. The van der Waals surface area contributed by atoms with Gasteiger partial charge in [-0.25, -0.2) is 0 Å². The van der Waals surface area contributed by atoms with Crippen molar-refractivity contribution < 1.29 is 5.11 Å². The van der Waals surface area contributed by atoms with E-state index in [1.54, 1.807) is 0 Å². The first-order valence-corrected chi connectivity index (χ1v) is 5.46. The summed E-state index contributed by atoms with van der Waals surface area (Å²) in [4.78, 5) is 0. The number of aromatic nitrogens is 2. The molecule has 1 atom stereocenters. The molecule has 0 unspecified atom stereocenters. The average Bonchev–Trinajstić information content (AvgIpc) is 2.58. The molecule has 1 heterocycles. The highest BCUT2D eigenvalue weighted by atomic mass is 16.3. The van der Waals surface area contributed by atoms with Crippen LogP contribution in [0, 0.1) is 12.8 Å². The number of aryl methyl sites for hydroxylation is 1. The van der Waals surface area contributed by atoms with Gasteiger partial charge in [-0.3, -0.25) is 5.10 Å². The van der Waals surface area contributed by atoms with Crippen molar-refractivity contribution in [3.8, 4) is 0 Å². The van der Waals surface area contributed by atoms with Crippen LogP contribution < -0.4 is 5.32 Å². The summed E-state index contributed by atoms with van der Waals surface area (Å²) in [5, 5.41) is 19.4. The average molecular weight is 211 g/mol. The minimum Gasteiger partial charge on any atom is -0.395 e. The Labute approximate surface area is 91.1 Å². The van der Waals surface area contributed by atoms with Gasteiger partial charge >= 0.3 is 0 Å². The van der Waals surface area contributed by atoms with Crippen molar-refractivity contribution in [3.05, 3.63) is 17.5 Å². The SMILES string of the molecule is Cc1[nH]ncc1CN[C@H](CO)CC(C)C. The molecule has 0 saturated heterocycles. The Morgan fingerprint density at radius 3 is 2.73 bits per heavy atom. The molecule has 1 aromatic heterocycles. The molecule has 86 valence electrons. The number of aliphatic hydroxyl groups excluding tert-OH is 1. The van der Waals surface area contributed by atoms with Crippen LogP contribution in [0.2, 0.25) is 0 Å². The van der Waals surface area contributed by atoms with Crippen LogP contribution in [0.5, 0.6) is 0 Å². The number of hydrogen-bond donors (Lipinski definition) is 3. The smallest absolute Gasteiger partial charge is 0.0584 e. The molecule has 0 aliphatic heterocycles. The highest BCUT2D eigenvalue weighted by Crippen LogP contribution is 2.07. The van der Waals surface area contributed by atoms with Crippen LogP contribution in [-0.4, -0.2) is 28.0 Å². The number of aromatic amines is 1. The molecule has 0 aromatic carbocycles. The third-order valence-corrected chi connectivity index (χ3v) is 2.49. The van der Waals surface area contributed by atoms with Gasteiger partial charge < -0.3 is 10.4 Å². The van der Waals surface area contributed by atoms with Gasteiger partial charge in [0.2, 0.25) is 0 Å². The molecule has 0 bridgehead atoms. The zero-order valence-electron chi connectivity index (χ0n) is 9.75.